The van der Waals surface area contributed by atoms with Crippen molar-refractivity contribution >= 4 is 183 Å². The molecule has 9 heteroatoms. The minimum absolute atomic E-state index is 0.368. The minimum atomic E-state index is -0.368. The van der Waals surface area contributed by atoms with Gasteiger partial charge < -0.3 is 41.5 Å². The molecule has 0 saturated heterocycles. The smallest absolute Gasteiger partial charge is 0.143 e. The Bertz CT molecular complexity index is 10200. The highest BCUT2D eigenvalue weighted by atomic mass is 16.3. The van der Waals surface area contributed by atoms with Gasteiger partial charge in [-0.25, -0.2) is 0 Å². The number of fused-ring (bicyclic) bond motifs is 21. The first-order valence-electron chi connectivity index (χ1n) is 51.4. The summed E-state index contributed by atoms with van der Waals surface area (Å²) in [6, 6.07) is 188. The van der Waals surface area contributed by atoms with Crippen LogP contribution in [0.1, 0.15) is 25.0 Å². The molecule has 0 unspecified atom stereocenters. The molecule has 0 spiro atoms. The average molecular weight is 1920 g/mol. The molecule has 0 bridgehead atoms. The van der Waals surface area contributed by atoms with E-state index < -0.39 is 0 Å². The fraction of sp³-hybridized carbons (Fsp3) is 0.0213. The lowest BCUT2D eigenvalue weighted by atomic mass is 9.82. The highest BCUT2D eigenvalue weighted by molar-refractivity contribution is 6.16. The molecule has 0 radical (unpaired) electrons. The third-order valence-corrected chi connectivity index (χ3v) is 31.4. The lowest BCUT2D eigenvalue weighted by molar-refractivity contribution is 0.660. The standard InChI is InChI=1S/C141H91N5O4/c1-141(2)127-86-107(79-81-113(127)114-82-80-108(87-128(114)141)146-131-41-13-5-25-117(131)118-26-6-14-42-132(118)146)144(104-73-59-94(60-74-104)112-34-22-38-126-122-30-10-18-46-136(122)150-140(112)126)103-65-51-90(52-66-103)97-84-95(88-47-61-98(62-48-88)142(100-67-53-91(54-68-100)109-31-19-35-123-119-27-7-15-43-133(119)147-137(109)123)101-69-55-92(56-70-101)110-32-20-36-124-120-28-8-16-44-134(120)148-138(110)124)83-96(85-97)89-49-63-99(64-50-89)143(102-71-57-93(58-72-102)111-33-21-37-125-121-29-9-17-45-135(121)149-139(111)125)105-75-77-106(78-76-105)145-129-39-11-3-23-115(129)116-24-4-12-40-130(116)145/h3-87H,1-2H3. The maximum atomic E-state index is 6.70. The predicted octanol–water partition coefficient (Wildman–Crippen LogP) is 39.9. The highest BCUT2D eigenvalue weighted by Crippen LogP contribution is 2.55. The summed E-state index contributed by atoms with van der Waals surface area (Å²) in [6.07, 6.45) is 0. The number of benzene rings is 23. The molecular weight excluding hydrogens is 1830 g/mol. The van der Waals surface area contributed by atoms with E-state index in [0.717, 1.165) is 239 Å². The Hall–Kier alpha value is -19.7. The zero-order valence-corrected chi connectivity index (χ0v) is 81.9. The second kappa shape index (κ2) is 34.2. The number of hydrogen-bond acceptors (Lipinski definition) is 7. The maximum absolute atomic E-state index is 6.70. The molecule has 1 aliphatic rings. The van der Waals surface area contributed by atoms with Crippen LogP contribution in [0.2, 0.25) is 0 Å². The quantitative estimate of drug-likeness (QED) is 0.0847. The zero-order chi connectivity index (χ0) is 98.9. The van der Waals surface area contributed by atoms with Gasteiger partial charge in [0.05, 0.1) is 22.1 Å². The van der Waals surface area contributed by atoms with Crippen molar-refractivity contribution in [2.75, 3.05) is 14.7 Å². The molecule has 30 rings (SSSR count). The largest absolute Gasteiger partial charge is 0.455 e. The van der Waals surface area contributed by atoms with Gasteiger partial charge in [-0.2, -0.15) is 0 Å². The number of rotatable bonds is 18. The molecule has 6 aromatic heterocycles. The van der Waals surface area contributed by atoms with Crippen molar-refractivity contribution in [3.63, 3.8) is 0 Å². The number of nitrogens with zero attached hydrogens (tertiary/aromatic N) is 5. The van der Waals surface area contributed by atoms with Crippen molar-refractivity contribution in [3.8, 4) is 100 Å². The summed E-state index contributed by atoms with van der Waals surface area (Å²) < 4.78 is 31.5. The van der Waals surface area contributed by atoms with Crippen molar-refractivity contribution < 1.29 is 17.7 Å². The molecule has 0 saturated carbocycles. The first-order chi connectivity index (χ1) is 74.1. The van der Waals surface area contributed by atoms with Crippen LogP contribution < -0.4 is 14.7 Å². The molecule has 0 N–H and O–H groups in total. The Morgan fingerprint density at radius 3 is 0.680 bits per heavy atom. The van der Waals surface area contributed by atoms with Gasteiger partial charge in [-0.3, -0.25) is 0 Å². The summed E-state index contributed by atoms with van der Waals surface area (Å²) in [4.78, 5) is 7.17. The van der Waals surface area contributed by atoms with Gasteiger partial charge in [0.2, 0.25) is 0 Å². The van der Waals surface area contributed by atoms with E-state index in [4.69, 9.17) is 17.7 Å². The van der Waals surface area contributed by atoms with Gasteiger partial charge in [-0.1, -0.05) is 329 Å². The van der Waals surface area contributed by atoms with Crippen molar-refractivity contribution in [2.24, 2.45) is 0 Å². The number of hydrogen-bond donors (Lipinski definition) is 0. The van der Waals surface area contributed by atoms with E-state index >= 15 is 0 Å². The lowest BCUT2D eigenvalue weighted by Gasteiger charge is -2.28. The van der Waals surface area contributed by atoms with Gasteiger partial charge >= 0.3 is 0 Å². The van der Waals surface area contributed by atoms with Gasteiger partial charge in [0.25, 0.3) is 0 Å². The fourth-order valence-corrected chi connectivity index (χ4v) is 24.1. The first-order valence-corrected chi connectivity index (χ1v) is 51.4. The monoisotopic (exact) mass is 1920 g/mol. The Labute approximate surface area is 864 Å². The third-order valence-electron chi connectivity index (χ3n) is 31.4. The van der Waals surface area contributed by atoms with Gasteiger partial charge in [0.1, 0.15) is 44.7 Å². The molecule has 0 aliphatic heterocycles. The van der Waals surface area contributed by atoms with Crippen LogP contribution in [0.25, 0.3) is 232 Å². The third kappa shape index (κ3) is 13.9. The van der Waals surface area contributed by atoms with Crippen molar-refractivity contribution in [1.29, 1.82) is 0 Å². The first kappa shape index (κ1) is 85.8. The minimum Gasteiger partial charge on any atom is -0.455 e. The molecule has 704 valence electrons. The van der Waals surface area contributed by atoms with Gasteiger partial charge in [0, 0.05) is 155 Å². The van der Waals surface area contributed by atoms with Crippen LogP contribution >= 0.6 is 0 Å². The van der Waals surface area contributed by atoms with Crippen LogP contribution in [0.15, 0.2) is 533 Å². The Morgan fingerprint density at radius 1 is 0.160 bits per heavy atom. The number of furan rings is 4. The number of anilines is 9. The molecule has 0 atom stereocenters. The van der Waals surface area contributed by atoms with E-state index in [2.05, 4.69) is 529 Å². The van der Waals surface area contributed by atoms with Crippen LogP contribution in [0.4, 0.5) is 51.2 Å². The summed E-state index contributed by atoms with van der Waals surface area (Å²) in [5.41, 5.74) is 42.5. The van der Waals surface area contributed by atoms with E-state index in [0.29, 0.717) is 0 Å². The Balaban J connectivity index is 0.553. The molecule has 29 aromatic rings. The van der Waals surface area contributed by atoms with Crippen LogP contribution in [0.3, 0.4) is 0 Å². The summed E-state index contributed by atoms with van der Waals surface area (Å²) in [5.74, 6) is 0. The highest BCUT2D eigenvalue weighted by Gasteiger charge is 2.38. The molecule has 0 fully saturated rings. The topological polar surface area (TPSA) is 72.1 Å². The van der Waals surface area contributed by atoms with Gasteiger partial charge in [0.15, 0.2) is 0 Å². The predicted molar refractivity (Wildman–Crippen MR) is 624 cm³/mol. The van der Waals surface area contributed by atoms with E-state index in [1.54, 1.807) is 0 Å². The SMILES string of the molecule is CC1(C)c2cc(N(c3ccc(-c4cc(-c5ccc(N(c6ccc(-c7cccc8c7oc7ccccc78)cc6)c6ccc(-c7cccc8c7oc7ccccc78)cc6)cc5)cc(-c5ccc(N(c6ccc(-c7cccc8c7oc7ccccc78)cc6)c6ccc(-n7c8ccccc8c8ccccc87)cc6)cc5)c4)cc3)c3ccc(-c4cccc5c4oc4ccccc45)cc3)ccc2-c2ccc(-n3c4ccccc4c4ccccc43)cc21. The average Bonchev–Trinajstić information content (AvgIpc) is 1.56. The summed E-state index contributed by atoms with van der Waals surface area (Å²) in [5, 5.41) is 13.7. The van der Waals surface area contributed by atoms with Crippen LogP contribution in [0, 0.1) is 0 Å². The summed E-state index contributed by atoms with van der Waals surface area (Å²) in [6.45, 7) is 4.80. The molecule has 0 amide bonds. The Morgan fingerprint density at radius 2 is 0.380 bits per heavy atom. The van der Waals surface area contributed by atoms with Crippen LogP contribution in [-0.4, -0.2) is 9.13 Å². The summed E-state index contributed by atoms with van der Waals surface area (Å²) >= 11 is 0. The maximum Gasteiger partial charge on any atom is 0.143 e. The number of aromatic nitrogens is 2. The lowest BCUT2D eigenvalue weighted by Crippen LogP contribution is -2.17. The fourth-order valence-electron chi connectivity index (χ4n) is 24.1. The zero-order valence-electron chi connectivity index (χ0n) is 81.9. The second-order valence-corrected chi connectivity index (χ2v) is 40.1. The van der Waals surface area contributed by atoms with Crippen molar-refractivity contribution in [1.82, 2.24) is 9.13 Å². The van der Waals surface area contributed by atoms with E-state index in [1.807, 2.05) is 24.3 Å². The summed E-state index contributed by atoms with van der Waals surface area (Å²) in [7, 11) is 0. The molecule has 1 aliphatic carbocycles. The Kier molecular flexibility index (Phi) is 19.6. The van der Waals surface area contributed by atoms with Crippen LogP contribution in [0.5, 0.6) is 0 Å². The normalized spacial score (nSPS) is 12.4. The van der Waals surface area contributed by atoms with Gasteiger partial charge in [-0.15, -0.1) is 0 Å². The van der Waals surface area contributed by atoms with Gasteiger partial charge in [-0.05, 0) is 278 Å². The molecular formula is C141H91N5O4. The number of para-hydroxylation sites is 12. The molecule has 6 heterocycles. The molecule has 9 nitrogen and oxygen atoms in total. The van der Waals surface area contributed by atoms with E-state index in [1.165, 1.54) is 54.8 Å². The molecule has 150 heavy (non-hydrogen) atoms. The van der Waals surface area contributed by atoms with Crippen LogP contribution in [-0.2, 0) is 5.41 Å². The molecule has 23 aromatic carbocycles. The second-order valence-electron chi connectivity index (χ2n) is 40.1. The van der Waals surface area contributed by atoms with E-state index in [-0.39, 0.29) is 5.41 Å². The van der Waals surface area contributed by atoms with Crippen molar-refractivity contribution in [3.05, 3.63) is 527 Å². The van der Waals surface area contributed by atoms with E-state index in [9.17, 15) is 0 Å². The van der Waals surface area contributed by atoms with Crippen molar-refractivity contribution in [2.45, 2.75) is 19.3 Å².